The van der Waals surface area contributed by atoms with Gasteiger partial charge in [0.25, 0.3) is 0 Å². The predicted molar refractivity (Wildman–Crippen MR) is 96.5 cm³/mol. The first-order chi connectivity index (χ1) is 13.2. The molecule has 140 valence electrons. The normalized spacial score (nSPS) is 17.1. The third kappa shape index (κ3) is 3.84. The second-order valence-electron chi connectivity index (χ2n) is 6.44. The number of amides is 1. The summed E-state index contributed by atoms with van der Waals surface area (Å²) in [4.78, 5) is 14.5. The first-order valence-corrected chi connectivity index (χ1v) is 8.88. The molecule has 0 spiro atoms. The van der Waals surface area contributed by atoms with Crippen molar-refractivity contribution >= 4 is 16.9 Å². The molecule has 3 heterocycles. The molecule has 3 aromatic rings. The maximum atomic E-state index is 12.7. The van der Waals surface area contributed by atoms with Crippen LogP contribution in [0.25, 0.3) is 11.0 Å². The van der Waals surface area contributed by atoms with Gasteiger partial charge in [0.1, 0.15) is 11.8 Å². The van der Waals surface area contributed by atoms with Crippen LogP contribution in [0.4, 0.5) is 0 Å². The zero-order chi connectivity index (χ0) is 18.6. The first-order valence-electron chi connectivity index (χ1n) is 8.88. The van der Waals surface area contributed by atoms with Gasteiger partial charge in [-0.25, -0.2) is 0 Å². The molecule has 1 fully saturated rings. The highest BCUT2D eigenvalue weighted by atomic mass is 16.5. The van der Waals surface area contributed by atoms with E-state index in [-0.39, 0.29) is 18.4 Å². The van der Waals surface area contributed by atoms with E-state index in [1.165, 1.54) is 7.11 Å². The molecule has 0 radical (unpaired) electrons. The van der Waals surface area contributed by atoms with E-state index in [0.29, 0.717) is 36.1 Å². The van der Waals surface area contributed by atoms with Gasteiger partial charge in [-0.3, -0.25) is 4.79 Å². The minimum atomic E-state index is -0.112. The van der Waals surface area contributed by atoms with E-state index in [1.54, 1.807) is 12.1 Å². The summed E-state index contributed by atoms with van der Waals surface area (Å²) in [7, 11) is 1.53. The van der Waals surface area contributed by atoms with Crippen molar-refractivity contribution in [1.29, 1.82) is 0 Å². The summed E-state index contributed by atoms with van der Waals surface area (Å²) >= 11 is 0. The number of nitrogens with zero attached hydrogens (tertiary/aromatic N) is 4. The van der Waals surface area contributed by atoms with Crippen LogP contribution in [0.15, 0.2) is 40.9 Å². The van der Waals surface area contributed by atoms with Crippen molar-refractivity contribution < 1.29 is 18.8 Å². The first kappa shape index (κ1) is 17.3. The van der Waals surface area contributed by atoms with Gasteiger partial charge in [0.15, 0.2) is 5.58 Å². The van der Waals surface area contributed by atoms with E-state index in [4.69, 9.17) is 14.0 Å². The molecular weight excluding hydrogens is 348 g/mol. The molecule has 2 aromatic heterocycles. The highest BCUT2D eigenvalue weighted by molar-refractivity contribution is 5.86. The van der Waals surface area contributed by atoms with Crippen LogP contribution in [0.3, 0.4) is 0 Å². The van der Waals surface area contributed by atoms with Gasteiger partial charge < -0.3 is 18.9 Å². The summed E-state index contributed by atoms with van der Waals surface area (Å²) in [5.74, 6) is 0.878. The van der Waals surface area contributed by atoms with Crippen LogP contribution in [-0.4, -0.2) is 52.5 Å². The minimum absolute atomic E-state index is 0.0168. The Labute approximate surface area is 156 Å². The zero-order valence-electron chi connectivity index (χ0n) is 15.0. The molecule has 1 unspecified atom stereocenters. The van der Waals surface area contributed by atoms with Crippen molar-refractivity contribution in [3.63, 3.8) is 0 Å². The Bertz CT molecular complexity index is 925. The molecule has 4 rings (SSSR count). The highest BCUT2D eigenvalue weighted by Gasteiger charge is 2.26. The lowest BCUT2D eigenvalue weighted by atomic mass is 10.1. The van der Waals surface area contributed by atoms with Gasteiger partial charge >= 0.3 is 0 Å². The molecule has 0 N–H and O–H groups in total. The number of hydrogen-bond acceptors (Lipinski definition) is 7. The van der Waals surface area contributed by atoms with Gasteiger partial charge in [-0.1, -0.05) is 17.3 Å². The summed E-state index contributed by atoms with van der Waals surface area (Å²) in [6, 6.07) is 11.0. The van der Waals surface area contributed by atoms with Gasteiger partial charge in [-0.05, 0) is 25.0 Å². The van der Waals surface area contributed by atoms with Crippen molar-refractivity contribution in [3.05, 3.63) is 42.1 Å². The Morgan fingerprint density at radius 2 is 2.04 bits per heavy atom. The van der Waals surface area contributed by atoms with E-state index < -0.39 is 0 Å². The molecule has 0 aliphatic carbocycles. The number of methoxy groups -OCH3 is 1. The number of likely N-dealkylation sites (tertiary alicyclic amines) is 1. The maximum absolute atomic E-state index is 12.7. The third-order valence-electron chi connectivity index (χ3n) is 4.61. The van der Waals surface area contributed by atoms with Crippen molar-refractivity contribution in [2.75, 3.05) is 20.2 Å². The summed E-state index contributed by atoms with van der Waals surface area (Å²) in [5.41, 5.74) is 1.36. The lowest BCUT2D eigenvalue weighted by Gasteiger charge is -2.32. The van der Waals surface area contributed by atoms with Gasteiger partial charge in [0.2, 0.25) is 17.7 Å². The smallest absolute Gasteiger partial charge is 0.233 e. The average molecular weight is 368 g/mol. The van der Waals surface area contributed by atoms with E-state index in [9.17, 15) is 4.79 Å². The third-order valence-corrected chi connectivity index (χ3v) is 4.61. The fourth-order valence-electron chi connectivity index (χ4n) is 3.23. The van der Waals surface area contributed by atoms with E-state index in [2.05, 4.69) is 15.4 Å². The maximum Gasteiger partial charge on any atom is 0.233 e. The van der Waals surface area contributed by atoms with Crippen molar-refractivity contribution in [2.45, 2.75) is 25.4 Å². The molecule has 1 aliphatic rings. The molecule has 1 aromatic carbocycles. The Morgan fingerprint density at radius 3 is 2.85 bits per heavy atom. The zero-order valence-corrected chi connectivity index (χ0v) is 15.0. The topological polar surface area (TPSA) is 90.6 Å². The number of hydrogen-bond donors (Lipinski definition) is 0. The quantitative estimate of drug-likeness (QED) is 0.682. The Kier molecular flexibility index (Phi) is 4.86. The van der Waals surface area contributed by atoms with Crippen molar-refractivity contribution in [2.24, 2.45) is 0 Å². The number of para-hydroxylation sites is 1. The molecule has 1 atom stereocenters. The van der Waals surface area contributed by atoms with Crippen LogP contribution in [0.5, 0.6) is 11.8 Å². The van der Waals surface area contributed by atoms with Crippen LogP contribution in [0.2, 0.25) is 0 Å². The molecule has 0 saturated carbocycles. The van der Waals surface area contributed by atoms with Gasteiger partial charge in [-0.2, -0.15) is 0 Å². The fourth-order valence-corrected chi connectivity index (χ4v) is 3.23. The molecule has 8 nitrogen and oxygen atoms in total. The molecule has 1 aliphatic heterocycles. The summed E-state index contributed by atoms with van der Waals surface area (Å²) < 4.78 is 16.2. The van der Waals surface area contributed by atoms with Crippen molar-refractivity contribution in [1.82, 2.24) is 20.3 Å². The second kappa shape index (κ2) is 7.61. The number of ether oxygens (including phenoxy) is 2. The fraction of sp³-hybridized carbons (Fsp3) is 0.368. The number of aromatic nitrogens is 3. The van der Waals surface area contributed by atoms with Gasteiger partial charge in [0.05, 0.1) is 20.1 Å². The molecule has 0 bridgehead atoms. The average Bonchev–Trinajstić information content (AvgIpc) is 3.12. The summed E-state index contributed by atoms with van der Waals surface area (Å²) in [6.45, 7) is 1.23. The number of carbonyl (C=O) groups is 1. The summed E-state index contributed by atoms with van der Waals surface area (Å²) in [5, 5.41) is 12.8. The SMILES string of the molecule is COc1ccc(OC2CCCN(C(=O)Cc3noc4ccccc34)C2)nn1. The van der Waals surface area contributed by atoms with Crippen LogP contribution in [0, 0.1) is 0 Å². The van der Waals surface area contributed by atoms with E-state index in [1.807, 2.05) is 29.2 Å². The van der Waals surface area contributed by atoms with E-state index >= 15 is 0 Å². The van der Waals surface area contributed by atoms with Crippen LogP contribution < -0.4 is 9.47 Å². The van der Waals surface area contributed by atoms with Crippen LogP contribution in [-0.2, 0) is 11.2 Å². The molecule has 1 saturated heterocycles. The van der Waals surface area contributed by atoms with Crippen molar-refractivity contribution in [3.8, 4) is 11.8 Å². The van der Waals surface area contributed by atoms with Gasteiger partial charge in [-0.15, -0.1) is 10.2 Å². The largest absolute Gasteiger partial charge is 0.480 e. The molecule has 27 heavy (non-hydrogen) atoms. The predicted octanol–water partition coefficient (Wildman–Crippen LogP) is 2.24. The van der Waals surface area contributed by atoms with Crippen LogP contribution >= 0.6 is 0 Å². The monoisotopic (exact) mass is 368 g/mol. The summed E-state index contributed by atoms with van der Waals surface area (Å²) in [6.07, 6.45) is 1.84. The van der Waals surface area contributed by atoms with E-state index in [0.717, 1.165) is 18.2 Å². The number of carbonyl (C=O) groups excluding carboxylic acids is 1. The standard InChI is InChI=1S/C19H20N4O4/c1-25-17-8-9-18(21-20-17)26-13-5-4-10-23(12-13)19(24)11-15-14-6-2-3-7-16(14)27-22-15/h2-3,6-9,13H,4-5,10-12H2,1H3. The van der Waals surface area contributed by atoms with Crippen LogP contribution in [0.1, 0.15) is 18.5 Å². The number of piperidine rings is 1. The second-order valence-corrected chi connectivity index (χ2v) is 6.44. The molecular formula is C19H20N4O4. The molecule has 1 amide bonds. The number of rotatable bonds is 5. The Hall–Kier alpha value is -3.16. The lowest BCUT2D eigenvalue weighted by molar-refractivity contribution is -0.133. The minimum Gasteiger partial charge on any atom is -0.480 e. The Morgan fingerprint density at radius 1 is 1.22 bits per heavy atom. The lowest BCUT2D eigenvalue weighted by Crippen LogP contribution is -2.45. The molecule has 8 heteroatoms. The number of benzene rings is 1. The van der Waals surface area contributed by atoms with Gasteiger partial charge in [0, 0.05) is 24.1 Å². The Balaban J connectivity index is 1.39. The number of fused-ring (bicyclic) bond motifs is 1. The highest BCUT2D eigenvalue weighted by Crippen LogP contribution is 2.21.